The molecule has 0 saturated carbocycles. The number of nitrogens with one attached hydrogen (secondary N) is 4. The van der Waals surface area contributed by atoms with Crippen molar-refractivity contribution in [2.75, 3.05) is 5.75 Å². The number of hydrogen-bond donors (Lipinski definition) is 7. The number of nitrogens with zero attached hydrogens (tertiary/aromatic N) is 1. The fourth-order valence-electron chi connectivity index (χ4n) is 2.56. The molecule has 0 aliphatic heterocycles. The number of hydrogen-bond acceptors (Lipinski definition) is 7. The minimum atomic E-state index is -1.23. The van der Waals surface area contributed by atoms with E-state index in [9.17, 15) is 19.2 Å². The first-order valence-corrected chi connectivity index (χ1v) is 10.2. The van der Waals surface area contributed by atoms with Crippen molar-refractivity contribution in [3.05, 3.63) is 18.2 Å². The number of carbonyl (C=O) groups is 4. The number of aliphatic carboxylic acids is 1. The van der Waals surface area contributed by atoms with Gasteiger partial charge in [0.15, 0.2) is 0 Å². The van der Waals surface area contributed by atoms with Gasteiger partial charge in [0, 0.05) is 24.1 Å². The molecule has 0 spiro atoms. The lowest BCUT2D eigenvalue weighted by Gasteiger charge is -2.25. The molecule has 30 heavy (non-hydrogen) atoms. The predicted octanol–water partition coefficient (Wildman–Crippen LogP) is -1.19. The van der Waals surface area contributed by atoms with Crippen LogP contribution in [0.2, 0.25) is 0 Å². The van der Waals surface area contributed by atoms with Crippen LogP contribution in [-0.4, -0.2) is 68.7 Å². The number of rotatable bonds is 12. The summed E-state index contributed by atoms with van der Waals surface area (Å²) in [7, 11) is 0. The molecule has 11 nitrogen and oxygen atoms in total. The van der Waals surface area contributed by atoms with Gasteiger partial charge in [0.05, 0.1) is 12.4 Å². The van der Waals surface area contributed by atoms with E-state index in [4.69, 9.17) is 10.8 Å². The van der Waals surface area contributed by atoms with Gasteiger partial charge in [-0.15, -0.1) is 0 Å². The zero-order chi connectivity index (χ0) is 22.8. The van der Waals surface area contributed by atoms with Gasteiger partial charge >= 0.3 is 5.97 Å². The molecule has 0 radical (unpaired) electrons. The maximum Gasteiger partial charge on any atom is 0.327 e. The Hall–Kier alpha value is -2.60. The second-order valence-electron chi connectivity index (χ2n) is 7.40. The molecule has 1 rings (SSSR count). The molecule has 1 aromatic rings. The SMILES string of the molecule is CC(C)CC(NC(=O)C(Cc1cnc[nH]1)NC(=O)C(C)N)C(=O)NC(CS)C(=O)O. The Morgan fingerprint density at radius 2 is 1.63 bits per heavy atom. The highest BCUT2D eigenvalue weighted by Gasteiger charge is 2.30. The van der Waals surface area contributed by atoms with Gasteiger partial charge in [-0.3, -0.25) is 14.4 Å². The summed E-state index contributed by atoms with van der Waals surface area (Å²) in [4.78, 5) is 55.5. The highest BCUT2D eigenvalue weighted by Crippen LogP contribution is 2.08. The van der Waals surface area contributed by atoms with Crippen LogP contribution in [0, 0.1) is 5.92 Å². The lowest BCUT2D eigenvalue weighted by Crippen LogP contribution is -2.57. The quantitative estimate of drug-likeness (QED) is 0.199. The highest BCUT2D eigenvalue weighted by atomic mass is 32.1. The summed E-state index contributed by atoms with van der Waals surface area (Å²) in [5.74, 6) is -3.06. The van der Waals surface area contributed by atoms with Crippen LogP contribution in [0.15, 0.2) is 12.5 Å². The van der Waals surface area contributed by atoms with E-state index < -0.39 is 47.9 Å². The van der Waals surface area contributed by atoms with E-state index in [0.29, 0.717) is 5.69 Å². The fourth-order valence-corrected chi connectivity index (χ4v) is 2.81. The van der Waals surface area contributed by atoms with Crippen molar-refractivity contribution in [1.29, 1.82) is 0 Å². The zero-order valence-corrected chi connectivity index (χ0v) is 18.1. The highest BCUT2D eigenvalue weighted by molar-refractivity contribution is 7.80. The third-order valence-electron chi connectivity index (χ3n) is 4.16. The van der Waals surface area contributed by atoms with Gasteiger partial charge in [0.25, 0.3) is 0 Å². The van der Waals surface area contributed by atoms with Crippen LogP contribution in [0.5, 0.6) is 0 Å². The smallest absolute Gasteiger partial charge is 0.327 e. The number of H-pyrrole nitrogens is 1. The minimum Gasteiger partial charge on any atom is -0.480 e. The molecule has 1 heterocycles. The van der Waals surface area contributed by atoms with Crippen LogP contribution >= 0.6 is 12.6 Å². The van der Waals surface area contributed by atoms with Gasteiger partial charge in [0.1, 0.15) is 18.1 Å². The standard InChI is InChI=1S/C18H30N6O5S/c1-9(2)4-12(16(26)24-14(7-30)18(28)29)23-17(27)13(22-15(25)10(3)19)5-11-6-20-8-21-11/h6,8-10,12-14,30H,4-5,7,19H2,1-3H3,(H,20,21)(H,22,25)(H,23,27)(H,24,26)(H,28,29). The van der Waals surface area contributed by atoms with E-state index in [-0.39, 0.29) is 24.5 Å². The summed E-state index contributed by atoms with van der Waals surface area (Å²) in [6, 6.07) is -4.02. The van der Waals surface area contributed by atoms with Crippen molar-refractivity contribution in [2.24, 2.45) is 11.7 Å². The van der Waals surface area contributed by atoms with Crippen LogP contribution in [0.1, 0.15) is 32.9 Å². The maximum absolute atomic E-state index is 12.9. The molecule has 0 aromatic carbocycles. The first kappa shape index (κ1) is 25.4. The Labute approximate surface area is 180 Å². The van der Waals surface area contributed by atoms with Crippen LogP contribution < -0.4 is 21.7 Å². The number of thiol groups is 1. The normalized spacial score (nSPS) is 15.0. The van der Waals surface area contributed by atoms with Gasteiger partial charge in [0.2, 0.25) is 17.7 Å². The molecule has 3 amide bonds. The van der Waals surface area contributed by atoms with E-state index in [1.165, 1.54) is 19.4 Å². The van der Waals surface area contributed by atoms with Gasteiger partial charge in [-0.05, 0) is 19.3 Å². The lowest BCUT2D eigenvalue weighted by atomic mass is 10.0. The van der Waals surface area contributed by atoms with Crippen molar-refractivity contribution in [3.8, 4) is 0 Å². The number of aromatic amines is 1. The molecule has 4 atom stereocenters. The maximum atomic E-state index is 12.9. The van der Waals surface area contributed by atoms with Crippen LogP contribution in [0.4, 0.5) is 0 Å². The molecule has 0 aliphatic carbocycles. The van der Waals surface area contributed by atoms with Gasteiger partial charge in [-0.1, -0.05) is 13.8 Å². The molecule has 12 heteroatoms. The zero-order valence-electron chi connectivity index (χ0n) is 17.2. The molecule has 0 bridgehead atoms. The number of imidazole rings is 1. The molecular weight excluding hydrogens is 412 g/mol. The van der Waals surface area contributed by atoms with Crippen molar-refractivity contribution in [1.82, 2.24) is 25.9 Å². The monoisotopic (exact) mass is 442 g/mol. The molecule has 1 aromatic heterocycles. The molecule has 0 fully saturated rings. The van der Waals surface area contributed by atoms with Crippen molar-refractivity contribution in [2.45, 2.75) is 57.8 Å². The van der Waals surface area contributed by atoms with E-state index in [0.717, 1.165) is 0 Å². The number of carbonyl (C=O) groups excluding carboxylic acids is 3. The summed E-state index contributed by atoms with van der Waals surface area (Å²) in [5, 5.41) is 16.7. The van der Waals surface area contributed by atoms with Crippen molar-refractivity contribution < 1.29 is 24.3 Å². The fraction of sp³-hybridized carbons (Fsp3) is 0.611. The molecule has 0 saturated heterocycles. The molecule has 7 N–H and O–H groups in total. The first-order valence-electron chi connectivity index (χ1n) is 9.52. The number of carboxylic acids is 1. The average Bonchev–Trinajstić information content (AvgIpc) is 3.16. The van der Waals surface area contributed by atoms with Gasteiger partial charge < -0.3 is 31.8 Å². The Bertz CT molecular complexity index is 725. The summed E-state index contributed by atoms with van der Waals surface area (Å²) in [6.07, 6.45) is 3.33. The predicted molar refractivity (Wildman–Crippen MR) is 113 cm³/mol. The Kier molecular flexibility index (Phi) is 10.3. The third kappa shape index (κ3) is 8.41. The number of aromatic nitrogens is 2. The Balaban J connectivity index is 2.98. The largest absolute Gasteiger partial charge is 0.480 e. The molecule has 168 valence electrons. The van der Waals surface area contributed by atoms with Crippen molar-refractivity contribution >= 4 is 36.3 Å². The third-order valence-corrected chi connectivity index (χ3v) is 4.53. The molecular formula is C18H30N6O5S. The van der Waals surface area contributed by atoms with E-state index in [1.807, 2.05) is 13.8 Å². The number of amides is 3. The Morgan fingerprint density at radius 3 is 2.10 bits per heavy atom. The summed E-state index contributed by atoms with van der Waals surface area (Å²) in [5.41, 5.74) is 6.18. The van der Waals surface area contributed by atoms with Gasteiger partial charge in [-0.2, -0.15) is 12.6 Å². The summed E-state index contributed by atoms with van der Waals surface area (Å²) < 4.78 is 0. The van der Waals surface area contributed by atoms with Gasteiger partial charge in [-0.25, -0.2) is 9.78 Å². The van der Waals surface area contributed by atoms with E-state index in [2.05, 4.69) is 38.5 Å². The average molecular weight is 443 g/mol. The summed E-state index contributed by atoms with van der Waals surface area (Å²) >= 11 is 3.92. The Morgan fingerprint density at radius 1 is 1.07 bits per heavy atom. The van der Waals surface area contributed by atoms with E-state index >= 15 is 0 Å². The van der Waals surface area contributed by atoms with E-state index in [1.54, 1.807) is 0 Å². The summed E-state index contributed by atoms with van der Waals surface area (Å²) in [6.45, 7) is 5.21. The topological polar surface area (TPSA) is 179 Å². The second-order valence-corrected chi connectivity index (χ2v) is 7.77. The van der Waals surface area contributed by atoms with Crippen molar-refractivity contribution in [3.63, 3.8) is 0 Å². The lowest BCUT2D eigenvalue weighted by molar-refractivity contribution is -0.141. The second kappa shape index (κ2) is 12.2. The number of nitrogens with two attached hydrogens (primary N) is 1. The first-order chi connectivity index (χ1) is 14.0. The molecule has 0 aliphatic rings. The molecule has 4 unspecified atom stereocenters. The van der Waals surface area contributed by atoms with Crippen LogP contribution in [0.25, 0.3) is 0 Å². The van der Waals surface area contributed by atoms with Crippen LogP contribution in [-0.2, 0) is 25.6 Å². The number of carboxylic acid groups (broad SMARTS) is 1. The minimum absolute atomic E-state index is 0.0324. The van der Waals surface area contributed by atoms with Crippen LogP contribution in [0.3, 0.4) is 0 Å².